The molecule has 2 aliphatic heterocycles. The van der Waals surface area contributed by atoms with Crippen LogP contribution in [0.5, 0.6) is 0 Å². The van der Waals surface area contributed by atoms with Gasteiger partial charge in [0.2, 0.25) is 11.8 Å². The molecular weight excluding hydrogens is 528 g/mol. The van der Waals surface area contributed by atoms with E-state index in [0.29, 0.717) is 24.5 Å². The van der Waals surface area contributed by atoms with Crippen LogP contribution in [0.4, 0.5) is 17.1 Å². The number of anilines is 3. The first-order valence-corrected chi connectivity index (χ1v) is 15.0. The van der Waals surface area contributed by atoms with E-state index in [2.05, 4.69) is 19.2 Å². The predicted molar refractivity (Wildman–Crippen MR) is 163 cm³/mol. The second kappa shape index (κ2) is 12.1. The third-order valence-corrected chi connectivity index (χ3v) is 8.78. The molecule has 0 unspecified atom stereocenters. The summed E-state index contributed by atoms with van der Waals surface area (Å²) < 4.78 is 12.0. The minimum absolute atomic E-state index is 0.0502. The highest BCUT2D eigenvalue weighted by molar-refractivity contribution is 6.22. The number of para-hydroxylation sites is 1. The quantitative estimate of drug-likeness (QED) is 0.202. The molecule has 2 aromatic carbocycles. The Morgan fingerprint density at radius 1 is 1.00 bits per heavy atom. The lowest BCUT2D eigenvalue weighted by Crippen LogP contribution is -2.34. The fourth-order valence-electron chi connectivity index (χ4n) is 6.88. The van der Waals surface area contributed by atoms with E-state index in [9.17, 15) is 14.7 Å². The minimum Gasteiger partial charge on any atom is -0.459 e. The molecule has 42 heavy (non-hydrogen) atoms. The van der Waals surface area contributed by atoms with Gasteiger partial charge in [0.15, 0.2) is 0 Å². The molecule has 3 aliphatic rings. The van der Waals surface area contributed by atoms with E-state index in [-0.39, 0.29) is 42.3 Å². The summed E-state index contributed by atoms with van der Waals surface area (Å²) in [6.45, 7) is 4.59. The molecule has 1 aliphatic carbocycles. The number of rotatable bonds is 10. The zero-order chi connectivity index (χ0) is 29.2. The molecule has 3 heterocycles. The van der Waals surface area contributed by atoms with Crippen LogP contribution in [0.25, 0.3) is 6.08 Å². The third kappa shape index (κ3) is 5.46. The second-order valence-corrected chi connectivity index (χ2v) is 11.6. The van der Waals surface area contributed by atoms with Gasteiger partial charge in [-0.1, -0.05) is 42.7 Å². The molecule has 0 spiro atoms. The lowest BCUT2D eigenvalue weighted by atomic mass is 9.68. The first-order valence-electron chi connectivity index (χ1n) is 15.0. The van der Waals surface area contributed by atoms with Gasteiger partial charge < -0.3 is 19.6 Å². The van der Waals surface area contributed by atoms with Crippen molar-refractivity contribution in [2.24, 2.45) is 17.8 Å². The Morgan fingerprint density at radius 2 is 1.76 bits per heavy atom. The largest absolute Gasteiger partial charge is 0.459 e. The molecule has 0 radical (unpaired) electrons. The van der Waals surface area contributed by atoms with Gasteiger partial charge in [0.05, 0.1) is 30.2 Å². The van der Waals surface area contributed by atoms with E-state index in [1.54, 1.807) is 6.07 Å². The van der Waals surface area contributed by atoms with Crippen molar-refractivity contribution >= 4 is 35.0 Å². The molecule has 2 saturated heterocycles. The Labute approximate surface area is 246 Å². The van der Waals surface area contributed by atoms with E-state index in [1.807, 2.05) is 66.7 Å². The van der Waals surface area contributed by atoms with Crippen molar-refractivity contribution in [2.45, 2.75) is 58.7 Å². The molecule has 3 aromatic rings. The highest BCUT2D eigenvalue weighted by atomic mass is 16.5. The first kappa shape index (κ1) is 28.2. The zero-order valence-corrected chi connectivity index (χ0v) is 24.2. The third-order valence-electron chi connectivity index (χ3n) is 8.78. The van der Waals surface area contributed by atoms with Gasteiger partial charge in [0.25, 0.3) is 0 Å². The molecule has 1 aromatic heterocycles. The lowest BCUT2D eigenvalue weighted by molar-refractivity contribution is -0.122. The van der Waals surface area contributed by atoms with Crippen molar-refractivity contribution in [3.63, 3.8) is 0 Å². The molecule has 2 amide bonds. The number of fused-ring (bicyclic) bond motifs is 3. The van der Waals surface area contributed by atoms with E-state index < -0.39 is 0 Å². The number of allylic oxidation sites excluding steroid dienone is 2. The summed E-state index contributed by atoms with van der Waals surface area (Å²) in [5, 5.41) is 12.6. The van der Waals surface area contributed by atoms with Crippen molar-refractivity contribution < 1.29 is 23.8 Å². The van der Waals surface area contributed by atoms with Crippen LogP contribution in [0.15, 0.2) is 87.9 Å². The number of hydrogen-bond donors (Lipinski definition) is 2. The fraction of sp³-hybridized carbons (Fsp3) is 0.371. The number of aliphatic hydroxyl groups excluding tert-OH is 1. The predicted octanol–water partition coefficient (Wildman–Crippen LogP) is 7.02. The monoisotopic (exact) mass is 566 g/mol. The number of carbonyl (C=O) groups excluding carboxylic acids is 2. The van der Waals surface area contributed by atoms with Crippen LogP contribution in [0.3, 0.4) is 0 Å². The summed E-state index contributed by atoms with van der Waals surface area (Å²) in [7, 11) is 0. The molecule has 0 saturated carbocycles. The molecule has 0 bridgehead atoms. The average Bonchev–Trinajstić information content (AvgIpc) is 3.70. The van der Waals surface area contributed by atoms with Crippen LogP contribution in [0.1, 0.15) is 57.5 Å². The molecule has 2 N–H and O–H groups in total. The topological polar surface area (TPSA) is 92.0 Å². The Balaban J connectivity index is 1.18. The van der Waals surface area contributed by atoms with Crippen LogP contribution in [-0.4, -0.2) is 29.6 Å². The van der Waals surface area contributed by atoms with Gasteiger partial charge in [-0.05, 0) is 92.8 Å². The zero-order valence-electron chi connectivity index (χ0n) is 24.2. The molecule has 218 valence electrons. The van der Waals surface area contributed by atoms with E-state index in [0.717, 1.165) is 48.4 Å². The Morgan fingerprint density at radius 3 is 2.48 bits per heavy atom. The summed E-state index contributed by atoms with van der Waals surface area (Å²) in [6, 6.07) is 21.1. The van der Waals surface area contributed by atoms with E-state index in [1.165, 1.54) is 16.0 Å². The summed E-state index contributed by atoms with van der Waals surface area (Å²) in [5.74, 6) is 0.306. The normalized spacial score (nSPS) is 23.9. The molecule has 7 nitrogen and oxygen atoms in total. The standard InChI is InChI=1S/C35H38N2O5/c1-3-7-23-19-29-33(30-21-41-31(32(23)30)17-10-22(2)18-27-15-16-28(20-38)42-27)35(40)37(34(29)39)26-13-11-25(12-14-26)36-24-8-5-4-6-9-24/h4-6,8-9,11-16,18,29-31,33,36,38H,3,7,10,17,19-21H2,1-2H3/b22-18+/t29-,30+,31-,33-/m1/s1. The summed E-state index contributed by atoms with van der Waals surface area (Å²) in [4.78, 5) is 29.1. The van der Waals surface area contributed by atoms with Crippen LogP contribution >= 0.6 is 0 Å². The number of aliphatic hydroxyl groups is 1. The average molecular weight is 567 g/mol. The van der Waals surface area contributed by atoms with Gasteiger partial charge in [-0.3, -0.25) is 14.5 Å². The molecule has 6 rings (SSSR count). The Bertz CT molecular complexity index is 1500. The van der Waals surface area contributed by atoms with Gasteiger partial charge in [-0.25, -0.2) is 0 Å². The number of imide groups is 1. The van der Waals surface area contributed by atoms with Crippen LogP contribution in [0.2, 0.25) is 0 Å². The highest BCUT2D eigenvalue weighted by Gasteiger charge is 2.57. The van der Waals surface area contributed by atoms with Crippen molar-refractivity contribution in [3.8, 4) is 0 Å². The van der Waals surface area contributed by atoms with Crippen molar-refractivity contribution in [2.75, 3.05) is 16.8 Å². The first-order chi connectivity index (χ1) is 20.5. The van der Waals surface area contributed by atoms with Crippen LogP contribution < -0.4 is 10.2 Å². The number of furan rings is 1. The molecule has 4 atom stereocenters. The van der Waals surface area contributed by atoms with Crippen molar-refractivity contribution in [1.82, 2.24) is 0 Å². The maximum absolute atomic E-state index is 13.9. The highest BCUT2D eigenvalue weighted by Crippen LogP contribution is 2.51. The fourth-order valence-corrected chi connectivity index (χ4v) is 6.88. The molecule has 7 heteroatoms. The second-order valence-electron chi connectivity index (χ2n) is 11.6. The minimum atomic E-state index is -0.378. The smallest absolute Gasteiger partial charge is 0.238 e. The van der Waals surface area contributed by atoms with Gasteiger partial charge >= 0.3 is 0 Å². The molecule has 2 fully saturated rings. The number of carbonyl (C=O) groups is 2. The number of nitrogens with zero attached hydrogens (tertiary/aromatic N) is 1. The number of ether oxygens (including phenoxy) is 1. The van der Waals surface area contributed by atoms with Crippen molar-refractivity contribution in [1.29, 1.82) is 0 Å². The van der Waals surface area contributed by atoms with Crippen LogP contribution in [0, 0.1) is 17.8 Å². The summed E-state index contributed by atoms with van der Waals surface area (Å²) >= 11 is 0. The summed E-state index contributed by atoms with van der Waals surface area (Å²) in [6.07, 6.45) is 6.13. The lowest BCUT2D eigenvalue weighted by Gasteiger charge is -2.31. The maximum atomic E-state index is 13.9. The van der Waals surface area contributed by atoms with Gasteiger partial charge in [-0.15, -0.1) is 0 Å². The van der Waals surface area contributed by atoms with Gasteiger partial charge in [-0.2, -0.15) is 0 Å². The number of benzene rings is 2. The van der Waals surface area contributed by atoms with E-state index >= 15 is 0 Å². The van der Waals surface area contributed by atoms with Crippen molar-refractivity contribution in [3.05, 3.63) is 95.0 Å². The molecular formula is C35H38N2O5. The maximum Gasteiger partial charge on any atom is 0.238 e. The van der Waals surface area contributed by atoms with Gasteiger partial charge in [0.1, 0.15) is 18.1 Å². The van der Waals surface area contributed by atoms with Crippen LogP contribution in [-0.2, 0) is 20.9 Å². The summed E-state index contributed by atoms with van der Waals surface area (Å²) in [5.41, 5.74) is 6.22. The van der Waals surface area contributed by atoms with E-state index in [4.69, 9.17) is 9.15 Å². The Hall–Kier alpha value is -3.94. The van der Waals surface area contributed by atoms with Gasteiger partial charge in [0, 0.05) is 17.3 Å². The Kier molecular flexibility index (Phi) is 8.13. The number of nitrogens with one attached hydrogen (secondary N) is 1. The SMILES string of the molecule is CCCC1=C2[C@@H](CC/C(C)=C/c3ccc(CO)o3)OC[C@@H]2[C@@H]2C(=O)N(c3ccc(Nc4ccccc4)cc3)C(=O)[C@@H]2C1. The number of hydrogen-bond acceptors (Lipinski definition) is 6. The number of amides is 2.